The lowest BCUT2D eigenvalue weighted by molar-refractivity contribution is 0.0945. The van der Waals surface area contributed by atoms with Crippen LogP contribution in [0, 0.1) is 0 Å². The molecular weight excluding hydrogens is 314 g/mol. The topological polar surface area (TPSA) is 54.5 Å². The molecular formula is C20H25N3O2. The molecule has 1 aromatic heterocycles. The van der Waals surface area contributed by atoms with Gasteiger partial charge in [0.05, 0.1) is 12.6 Å². The van der Waals surface area contributed by atoms with E-state index < -0.39 is 0 Å². The third-order valence-corrected chi connectivity index (χ3v) is 4.57. The number of nitrogens with one attached hydrogen (secondary N) is 1. The predicted molar refractivity (Wildman–Crippen MR) is 97.3 cm³/mol. The van der Waals surface area contributed by atoms with E-state index in [0.717, 1.165) is 31.5 Å². The van der Waals surface area contributed by atoms with Gasteiger partial charge in [-0.15, -0.1) is 0 Å². The van der Waals surface area contributed by atoms with Crippen LogP contribution >= 0.6 is 0 Å². The monoisotopic (exact) mass is 339 g/mol. The summed E-state index contributed by atoms with van der Waals surface area (Å²) in [6.07, 6.45) is 5.35. The highest BCUT2D eigenvalue weighted by Gasteiger charge is 2.26. The zero-order valence-electron chi connectivity index (χ0n) is 14.6. The Morgan fingerprint density at radius 1 is 1.20 bits per heavy atom. The van der Waals surface area contributed by atoms with Crippen LogP contribution in [0.3, 0.4) is 0 Å². The molecule has 1 saturated heterocycles. The molecule has 1 aliphatic rings. The molecule has 0 spiro atoms. The van der Waals surface area contributed by atoms with Gasteiger partial charge in [0.2, 0.25) is 0 Å². The van der Waals surface area contributed by atoms with E-state index in [9.17, 15) is 4.79 Å². The lowest BCUT2D eigenvalue weighted by atomic mass is 9.96. The number of amides is 1. The van der Waals surface area contributed by atoms with Crippen LogP contribution in [0.15, 0.2) is 54.9 Å². The molecule has 0 saturated carbocycles. The fourth-order valence-corrected chi connectivity index (χ4v) is 3.26. The Morgan fingerprint density at radius 3 is 2.56 bits per heavy atom. The Morgan fingerprint density at radius 2 is 1.92 bits per heavy atom. The first-order chi connectivity index (χ1) is 12.3. The summed E-state index contributed by atoms with van der Waals surface area (Å²) in [7, 11) is 0. The number of rotatable bonds is 5. The normalized spacial score (nSPS) is 16.4. The molecule has 1 atom stereocenters. The van der Waals surface area contributed by atoms with Crippen LogP contribution in [-0.4, -0.2) is 41.7 Å². The van der Waals surface area contributed by atoms with Crippen molar-refractivity contribution in [2.24, 2.45) is 0 Å². The third kappa shape index (κ3) is 4.57. The smallest absolute Gasteiger partial charge is 0.409 e. The third-order valence-electron chi connectivity index (χ3n) is 4.57. The Kier molecular flexibility index (Phi) is 6.01. The van der Waals surface area contributed by atoms with E-state index in [2.05, 4.69) is 40.6 Å². The summed E-state index contributed by atoms with van der Waals surface area (Å²) in [6.45, 7) is 3.72. The second-order valence-electron chi connectivity index (χ2n) is 6.26. The van der Waals surface area contributed by atoms with Gasteiger partial charge in [-0.25, -0.2) is 4.79 Å². The first-order valence-electron chi connectivity index (χ1n) is 8.90. The minimum Gasteiger partial charge on any atom is -0.450 e. The lowest BCUT2D eigenvalue weighted by Crippen LogP contribution is -2.46. The minimum absolute atomic E-state index is 0.106. The molecule has 1 aliphatic heterocycles. The van der Waals surface area contributed by atoms with Crippen molar-refractivity contribution in [1.82, 2.24) is 15.2 Å². The second-order valence-corrected chi connectivity index (χ2v) is 6.26. The summed E-state index contributed by atoms with van der Waals surface area (Å²) >= 11 is 0. The molecule has 5 heteroatoms. The fourth-order valence-electron chi connectivity index (χ4n) is 3.26. The Labute approximate surface area is 149 Å². The van der Waals surface area contributed by atoms with Gasteiger partial charge in [-0.3, -0.25) is 4.98 Å². The first-order valence-corrected chi connectivity index (χ1v) is 8.90. The van der Waals surface area contributed by atoms with E-state index in [4.69, 9.17) is 4.74 Å². The summed E-state index contributed by atoms with van der Waals surface area (Å²) in [4.78, 5) is 17.9. The predicted octanol–water partition coefficient (Wildman–Crippen LogP) is 3.38. The van der Waals surface area contributed by atoms with E-state index in [-0.39, 0.29) is 12.1 Å². The average molecular weight is 339 g/mol. The quantitative estimate of drug-likeness (QED) is 0.907. The zero-order chi connectivity index (χ0) is 17.5. The van der Waals surface area contributed by atoms with Crippen LogP contribution < -0.4 is 5.32 Å². The highest BCUT2D eigenvalue weighted by atomic mass is 16.6. The van der Waals surface area contributed by atoms with E-state index >= 15 is 0 Å². The zero-order valence-corrected chi connectivity index (χ0v) is 14.6. The van der Waals surface area contributed by atoms with Crippen molar-refractivity contribution in [2.75, 3.05) is 19.7 Å². The van der Waals surface area contributed by atoms with E-state index in [1.807, 2.05) is 25.3 Å². The molecule has 2 aromatic rings. The van der Waals surface area contributed by atoms with Gasteiger partial charge < -0.3 is 15.0 Å². The van der Waals surface area contributed by atoms with Crippen LogP contribution in [0.1, 0.15) is 36.9 Å². The Hall–Kier alpha value is -2.40. The van der Waals surface area contributed by atoms with Crippen LogP contribution in [0.25, 0.3) is 0 Å². The number of carbonyl (C=O) groups excluding carboxylic acids is 1. The molecule has 0 unspecified atom stereocenters. The van der Waals surface area contributed by atoms with Crippen molar-refractivity contribution >= 4 is 6.09 Å². The lowest BCUT2D eigenvalue weighted by Gasteiger charge is -2.34. The summed E-state index contributed by atoms with van der Waals surface area (Å²) in [5, 5.41) is 3.76. The minimum atomic E-state index is -0.201. The van der Waals surface area contributed by atoms with Crippen molar-refractivity contribution in [2.45, 2.75) is 31.8 Å². The number of ether oxygens (including phenoxy) is 1. The van der Waals surface area contributed by atoms with Crippen molar-refractivity contribution in [3.05, 3.63) is 66.0 Å². The largest absolute Gasteiger partial charge is 0.450 e. The van der Waals surface area contributed by atoms with Gasteiger partial charge in [0, 0.05) is 31.5 Å². The highest BCUT2D eigenvalue weighted by Crippen LogP contribution is 2.24. The van der Waals surface area contributed by atoms with Crippen LogP contribution in [0.2, 0.25) is 0 Å². The molecule has 0 bridgehead atoms. The number of aromatic nitrogens is 1. The van der Waals surface area contributed by atoms with Crippen molar-refractivity contribution in [3.8, 4) is 0 Å². The summed E-state index contributed by atoms with van der Waals surface area (Å²) in [5.74, 6) is 0. The van der Waals surface area contributed by atoms with Gasteiger partial charge in [0.1, 0.15) is 0 Å². The maximum absolute atomic E-state index is 11.8. The van der Waals surface area contributed by atoms with Gasteiger partial charge >= 0.3 is 6.09 Å². The maximum atomic E-state index is 11.8. The standard InChI is InChI=1S/C20H25N3O2/c1-2-25-20(24)23-13-10-18(11-14-23)22-19(16-7-4-3-5-8-16)17-9-6-12-21-15-17/h3-9,12,15,18-19,22H,2,10-11,13-14H2,1H3/t19-/m0/s1. The fraction of sp³-hybridized carbons (Fsp3) is 0.400. The van der Waals surface area contributed by atoms with E-state index in [1.54, 1.807) is 11.1 Å². The number of benzene rings is 1. The number of nitrogens with zero attached hydrogens (tertiary/aromatic N) is 2. The molecule has 25 heavy (non-hydrogen) atoms. The first kappa shape index (κ1) is 17.4. The molecule has 1 fully saturated rings. The molecule has 1 N–H and O–H groups in total. The molecule has 132 valence electrons. The molecule has 2 heterocycles. The van der Waals surface area contributed by atoms with Gasteiger partial charge in [-0.2, -0.15) is 0 Å². The summed E-state index contributed by atoms with van der Waals surface area (Å²) < 4.78 is 5.09. The molecule has 1 aromatic carbocycles. The highest BCUT2D eigenvalue weighted by molar-refractivity contribution is 5.67. The van der Waals surface area contributed by atoms with Crippen LogP contribution in [0.5, 0.6) is 0 Å². The molecule has 0 aliphatic carbocycles. The van der Waals surface area contributed by atoms with Crippen LogP contribution in [0.4, 0.5) is 4.79 Å². The van der Waals surface area contributed by atoms with Crippen molar-refractivity contribution in [1.29, 1.82) is 0 Å². The number of pyridine rings is 1. The van der Waals surface area contributed by atoms with E-state index in [1.165, 1.54) is 5.56 Å². The number of hydrogen-bond donors (Lipinski definition) is 1. The van der Waals surface area contributed by atoms with Crippen molar-refractivity contribution < 1.29 is 9.53 Å². The van der Waals surface area contributed by atoms with Crippen LogP contribution in [-0.2, 0) is 4.74 Å². The van der Waals surface area contributed by atoms with Gasteiger partial charge in [-0.1, -0.05) is 36.4 Å². The molecule has 5 nitrogen and oxygen atoms in total. The number of piperidine rings is 1. The van der Waals surface area contributed by atoms with E-state index in [0.29, 0.717) is 12.6 Å². The summed E-state index contributed by atoms with van der Waals surface area (Å²) in [6, 6.07) is 15.0. The van der Waals surface area contributed by atoms with Gasteiger partial charge in [0.25, 0.3) is 0 Å². The second kappa shape index (κ2) is 8.62. The molecule has 0 radical (unpaired) electrons. The Balaban J connectivity index is 1.67. The van der Waals surface area contributed by atoms with Gasteiger partial charge in [-0.05, 0) is 37.0 Å². The van der Waals surface area contributed by atoms with Gasteiger partial charge in [0.15, 0.2) is 0 Å². The maximum Gasteiger partial charge on any atom is 0.409 e. The number of carbonyl (C=O) groups is 1. The van der Waals surface area contributed by atoms with Crippen molar-refractivity contribution in [3.63, 3.8) is 0 Å². The summed E-state index contributed by atoms with van der Waals surface area (Å²) in [5.41, 5.74) is 2.38. The average Bonchev–Trinajstić information content (AvgIpc) is 2.68. The number of likely N-dealkylation sites (tertiary alicyclic amines) is 1. The molecule has 1 amide bonds. The Bertz CT molecular complexity index is 616. The number of hydrogen-bond acceptors (Lipinski definition) is 4. The SMILES string of the molecule is CCOC(=O)N1CCC(N[C@@H](c2ccccc2)c2cccnc2)CC1. The molecule has 3 rings (SSSR count).